The fourth-order valence-corrected chi connectivity index (χ4v) is 3.47. The minimum Gasteiger partial charge on any atom is -0.368 e. The highest BCUT2D eigenvalue weighted by atomic mass is 35.5. The summed E-state index contributed by atoms with van der Waals surface area (Å²) in [6.45, 7) is 6.24. The van der Waals surface area contributed by atoms with Gasteiger partial charge in [0, 0.05) is 49.5 Å². The number of nitrogens with zero attached hydrogens (tertiary/aromatic N) is 2. The lowest BCUT2D eigenvalue weighted by Crippen LogP contribution is -2.52. The number of hydrogen-bond donors (Lipinski definition) is 2. The number of piperazine rings is 1. The number of carbonyl (C=O) groups excluding carboxylic acids is 2. The van der Waals surface area contributed by atoms with Gasteiger partial charge in [-0.1, -0.05) is 29.8 Å². The van der Waals surface area contributed by atoms with Crippen LogP contribution in [0.2, 0.25) is 5.02 Å². The lowest BCUT2D eigenvalue weighted by atomic mass is 10.1. The molecule has 3 amide bonds. The van der Waals surface area contributed by atoms with Crippen molar-refractivity contribution in [3.63, 3.8) is 0 Å². The molecule has 0 bridgehead atoms. The van der Waals surface area contributed by atoms with Gasteiger partial charge in [-0.3, -0.25) is 4.79 Å². The van der Waals surface area contributed by atoms with Crippen LogP contribution in [-0.4, -0.2) is 43.0 Å². The Bertz CT molecular complexity index is 850. The van der Waals surface area contributed by atoms with Crippen molar-refractivity contribution in [1.82, 2.24) is 10.2 Å². The zero-order valence-electron chi connectivity index (χ0n) is 16.1. The zero-order valence-corrected chi connectivity index (χ0v) is 16.9. The Hall–Kier alpha value is -2.73. The molecule has 1 fully saturated rings. The smallest absolute Gasteiger partial charge is 0.317 e. The third-order valence-corrected chi connectivity index (χ3v) is 5.02. The number of nitrogens with one attached hydrogen (secondary N) is 2. The maximum atomic E-state index is 12.6. The molecule has 6 nitrogen and oxygen atoms in total. The SMILES string of the molecule is CC(=O)Nc1cccc(C(C)NC(=O)N2CCN(c3cccc(Cl)c3)CC2)c1. The number of urea groups is 1. The first-order chi connectivity index (χ1) is 13.4. The van der Waals surface area contributed by atoms with E-state index < -0.39 is 0 Å². The summed E-state index contributed by atoms with van der Waals surface area (Å²) in [7, 11) is 0. The Balaban J connectivity index is 1.55. The van der Waals surface area contributed by atoms with E-state index in [-0.39, 0.29) is 18.0 Å². The fraction of sp³-hybridized carbons (Fsp3) is 0.333. The molecule has 2 aromatic rings. The van der Waals surface area contributed by atoms with Gasteiger partial charge in [0.15, 0.2) is 0 Å². The van der Waals surface area contributed by atoms with Gasteiger partial charge in [-0.25, -0.2) is 4.79 Å². The van der Waals surface area contributed by atoms with Crippen molar-refractivity contribution in [3.8, 4) is 0 Å². The molecule has 1 heterocycles. The summed E-state index contributed by atoms with van der Waals surface area (Å²) in [5.74, 6) is -0.119. The average molecular weight is 401 g/mol. The maximum Gasteiger partial charge on any atom is 0.317 e. The lowest BCUT2D eigenvalue weighted by Gasteiger charge is -2.36. The van der Waals surface area contributed by atoms with E-state index in [9.17, 15) is 9.59 Å². The molecule has 0 aromatic heterocycles. The van der Waals surface area contributed by atoms with Gasteiger partial charge < -0.3 is 20.4 Å². The molecule has 1 saturated heterocycles. The van der Waals surface area contributed by atoms with E-state index in [4.69, 9.17) is 11.6 Å². The van der Waals surface area contributed by atoms with Crippen LogP contribution < -0.4 is 15.5 Å². The number of benzene rings is 2. The first-order valence-electron chi connectivity index (χ1n) is 9.36. The van der Waals surface area contributed by atoms with E-state index in [1.165, 1.54) is 6.92 Å². The third kappa shape index (κ3) is 5.16. The Morgan fingerprint density at radius 2 is 1.75 bits per heavy atom. The zero-order chi connectivity index (χ0) is 20.1. The second-order valence-corrected chi connectivity index (χ2v) is 7.37. The Morgan fingerprint density at radius 1 is 1.04 bits per heavy atom. The van der Waals surface area contributed by atoms with Crippen molar-refractivity contribution < 1.29 is 9.59 Å². The van der Waals surface area contributed by atoms with Gasteiger partial charge in [-0.05, 0) is 42.8 Å². The highest BCUT2D eigenvalue weighted by Crippen LogP contribution is 2.21. The van der Waals surface area contributed by atoms with Crippen molar-refractivity contribution in [3.05, 3.63) is 59.1 Å². The highest BCUT2D eigenvalue weighted by molar-refractivity contribution is 6.30. The molecule has 2 N–H and O–H groups in total. The summed E-state index contributed by atoms with van der Waals surface area (Å²) in [6, 6.07) is 15.0. The standard InChI is InChI=1S/C21H25ClN4O2/c1-15(17-5-3-7-19(13-17)24-16(2)27)23-21(28)26-11-9-25(10-12-26)20-8-4-6-18(22)14-20/h3-8,13-15H,9-12H2,1-2H3,(H,23,28)(H,24,27). The number of amides is 3. The molecule has 0 saturated carbocycles. The topological polar surface area (TPSA) is 64.7 Å². The molecule has 1 atom stereocenters. The van der Waals surface area contributed by atoms with Gasteiger partial charge in [0.1, 0.15) is 0 Å². The largest absolute Gasteiger partial charge is 0.368 e. The molecule has 3 rings (SSSR count). The molecule has 0 radical (unpaired) electrons. The normalized spacial score (nSPS) is 15.1. The summed E-state index contributed by atoms with van der Waals surface area (Å²) < 4.78 is 0. The molecule has 2 aromatic carbocycles. The Morgan fingerprint density at radius 3 is 2.43 bits per heavy atom. The average Bonchev–Trinajstić information content (AvgIpc) is 2.68. The van der Waals surface area contributed by atoms with Gasteiger partial charge in [-0.2, -0.15) is 0 Å². The van der Waals surface area contributed by atoms with Gasteiger partial charge in [0.2, 0.25) is 5.91 Å². The minimum absolute atomic E-state index is 0.0804. The molecule has 1 aliphatic heterocycles. The maximum absolute atomic E-state index is 12.6. The minimum atomic E-state index is -0.160. The molecule has 1 aliphatic rings. The molecule has 1 unspecified atom stereocenters. The number of carbonyl (C=O) groups is 2. The van der Waals surface area contributed by atoms with Crippen molar-refractivity contribution in [2.45, 2.75) is 19.9 Å². The monoisotopic (exact) mass is 400 g/mol. The molecular formula is C21H25ClN4O2. The third-order valence-electron chi connectivity index (χ3n) is 4.79. The summed E-state index contributed by atoms with van der Waals surface area (Å²) in [4.78, 5) is 27.9. The number of anilines is 2. The lowest BCUT2D eigenvalue weighted by molar-refractivity contribution is -0.114. The Labute approximate surface area is 170 Å². The van der Waals surface area contributed by atoms with E-state index in [1.807, 2.05) is 60.4 Å². The van der Waals surface area contributed by atoms with E-state index in [0.717, 1.165) is 30.0 Å². The molecule has 7 heteroatoms. The number of rotatable bonds is 4. The molecule has 0 aliphatic carbocycles. The van der Waals surface area contributed by atoms with Gasteiger partial charge in [0.05, 0.1) is 6.04 Å². The second-order valence-electron chi connectivity index (χ2n) is 6.93. The second kappa shape index (κ2) is 8.97. The molecular weight excluding hydrogens is 376 g/mol. The van der Waals surface area contributed by atoms with Crippen LogP contribution in [0.25, 0.3) is 0 Å². The predicted octanol–water partition coefficient (Wildman–Crippen LogP) is 3.89. The van der Waals surface area contributed by atoms with Gasteiger partial charge >= 0.3 is 6.03 Å². The van der Waals surface area contributed by atoms with E-state index >= 15 is 0 Å². The van der Waals surface area contributed by atoms with Crippen LogP contribution in [0.5, 0.6) is 0 Å². The van der Waals surface area contributed by atoms with Crippen LogP contribution in [0.15, 0.2) is 48.5 Å². The van der Waals surface area contributed by atoms with Gasteiger partial charge in [-0.15, -0.1) is 0 Å². The van der Waals surface area contributed by atoms with Gasteiger partial charge in [0.25, 0.3) is 0 Å². The number of hydrogen-bond acceptors (Lipinski definition) is 3. The molecule has 28 heavy (non-hydrogen) atoms. The van der Waals surface area contributed by atoms with Crippen LogP contribution in [0.1, 0.15) is 25.5 Å². The van der Waals surface area contributed by atoms with Crippen LogP contribution >= 0.6 is 11.6 Å². The Kier molecular flexibility index (Phi) is 6.41. The van der Waals surface area contributed by atoms with E-state index in [0.29, 0.717) is 18.1 Å². The quantitative estimate of drug-likeness (QED) is 0.818. The van der Waals surface area contributed by atoms with Crippen molar-refractivity contribution in [2.75, 3.05) is 36.4 Å². The van der Waals surface area contributed by atoms with Crippen LogP contribution in [0.3, 0.4) is 0 Å². The molecule has 148 valence electrons. The first-order valence-corrected chi connectivity index (χ1v) is 9.73. The van der Waals surface area contributed by atoms with Crippen LogP contribution in [0.4, 0.5) is 16.2 Å². The number of halogens is 1. The van der Waals surface area contributed by atoms with Crippen molar-refractivity contribution >= 4 is 34.9 Å². The van der Waals surface area contributed by atoms with Crippen molar-refractivity contribution in [1.29, 1.82) is 0 Å². The van der Waals surface area contributed by atoms with Crippen LogP contribution in [0, 0.1) is 0 Å². The van der Waals surface area contributed by atoms with Crippen LogP contribution in [-0.2, 0) is 4.79 Å². The predicted molar refractivity (Wildman–Crippen MR) is 113 cm³/mol. The summed E-state index contributed by atoms with van der Waals surface area (Å²) >= 11 is 6.07. The summed E-state index contributed by atoms with van der Waals surface area (Å²) in [6.07, 6.45) is 0. The summed E-state index contributed by atoms with van der Waals surface area (Å²) in [5, 5.41) is 6.52. The first kappa shape index (κ1) is 20.0. The fourth-order valence-electron chi connectivity index (χ4n) is 3.29. The highest BCUT2D eigenvalue weighted by Gasteiger charge is 2.22. The summed E-state index contributed by atoms with van der Waals surface area (Å²) in [5.41, 5.74) is 2.74. The van der Waals surface area contributed by atoms with Crippen molar-refractivity contribution in [2.24, 2.45) is 0 Å². The van der Waals surface area contributed by atoms with E-state index in [1.54, 1.807) is 0 Å². The molecule has 0 spiro atoms. The van der Waals surface area contributed by atoms with E-state index in [2.05, 4.69) is 15.5 Å².